The lowest BCUT2D eigenvalue weighted by Gasteiger charge is -2.06. The molecule has 1 aromatic rings. The third kappa shape index (κ3) is 23.2. The van der Waals surface area contributed by atoms with E-state index in [0.717, 1.165) is 12.8 Å². The molecule has 0 saturated heterocycles. The number of carbonyl (C=O) groups excluding carboxylic acids is 1. The van der Waals surface area contributed by atoms with Crippen molar-refractivity contribution in [3.8, 4) is 5.75 Å². The normalized spacial score (nSPS) is 11.2. The van der Waals surface area contributed by atoms with E-state index in [4.69, 9.17) is 4.74 Å². The topological polar surface area (TPSA) is 46.5 Å². The van der Waals surface area contributed by atoms with E-state index in [2.05, 4.69) is 6.92 Å². The summed E-state index contributed by atoms with van der Waals surface area (Å²) in [5.41, 5.74) is 0.253. The molecule has 232 valence electrons. The highest BCUT2D eigenvalue weighted by atomic mass is 16.5. The smallest absolute Gasteiger partial charge is 0.341 e. The third-order valence-corrected chi connectivity index (χ3v) is 8.36. The van der Waals surface area contributed by atoms with Crippen molar-refractivity contribution in [3.05, 3.63) is 29.8 Å². The highest BCUT2D eigenvalue weighted by Crippen LogP contribution is 2.18. The fourth-order valence-corrected chi connectivity index (χ4v) is 5.66. The Bertz CT molecular complexity index is 671. The van der Waals surface area contributed by atoms with Gasteiger partial charge in [-0.3, -0.25) is 0 Å². The van der Waals surface area contributed by atoms with E-state index in [1.54, 1.807) is 18.2 Å². The number of aromatic hydroxyl groups is 1. The van der Waals surface area contributed by atoms with Crippen LogP contribution >= 0.6 is 0 Å². The van der Waals surface area contributed by atoms with Crippen LogP contribution in [-0.4, -0.2) is 17.7 Å². The molecule has 1 rings (SSSR count). The van der Waals surface area contributed by atoms with Gasteiger partial charge in [0.15, 0.2) is 0 Å². The van der Waals surface area contributed by atoms with Crippen LogP contribution in [0.3, 0.4) is 0 Å². The SMILES string of the molecule is CCCCCCCCCCCCCCCCCCCCCCCCCCCCCCOC(=O)c1ccccc1O. The first-order valence-corrected chi connectivity index (χ1v) is 17.7. The van der Waals surface area contributed by atoms with Gasteiger partial charge in [0.2, 0.25) is 0 Å². The van der Waals surface area contributed by atoms with Crippen molar-refractivity contribution >= 4 is 5.97 Å². The molecule has 0 radical (unpaired) electrons. The van der Waals surface area contributed by atoms with Gasteiger partial charge in [-0.25, -0.2) is 4.79 Å². The summed E-state index contributed by atoms with van der Waals surface area (Å²) in [6.07, 6.45) is 39.0. The van der Waals surface area contributed by atoms with Crippen molar-refractivity contribution in [1.29, 1.82) is 0 Å². The molecule has 0 heterocycles. The number of benzene rings is 1. The van der Waals surface area contributed by atoms with Gasteiger partial charge in [0.1, 0.15) is 11.3 Å². The summed E-state index contributed by atoms with van der Waals surface area (Å²) in [7, 11) is 0. The molecule has 0 aromatic heterocycles. The molecule has 0 saturated carbocycles. The Morgan fingerprint density at radius 1 is 0.500 bits per heavy atom. The molecule has 3 nitrogen and oxygen atoms in total. The Morgan fingerprint density at radius 3 is 1.12 bits per heavy atom. The summed E-state index contributed by atoms with van der Waals surface area (Å²) in [6.45, 7) is 2.73. The van der Waals surface area contributed by atoms with Crippen LogP contribution in [0.5, 0.6) is 5.75 Å². The summed E-state index contributed by atoms with van der Waals surface area (Å²) in [5, 5.41) is 9.69. The van der Waals surface area contributed by atoms with Crippen molar-refractivity contribution < 1.29 is 14.6 Å². The molecule has 0 unspecified atom stereocenters. The van der Waals surface area contributed by atoms with Gasteiger partial charge in [0.05, 0.1) is 6.61 Å². The second-order valence-electron chi connectivity index (χ2n) is 12.2. The Hall–Kier alpha value is -1.51. The second-order valence-corrected chi connectivity index (χ2v) is 12.2. The number of phenolic OH excluding ortho intramolecular Hbond substituents is 1. The maximum atomic E-state index is 11.9. The molecule has 0 atom stereocenters. The average molecular weight is 559 g/mol. The highest BCUT2D eigenvalue weighted by molar-refractivity contribution is 5.92. The number of carbonyl (C=O) groups is 1. The van der Waals surface area contributed by atoms with Crippen LogP contribution in [0.4, 0.5) is 0 Å². The standard InChI is InChI=1S/C37H66O3/c1-2-3-4-5-6-7-8-9-10-11-12-13-14-15-16-17-18-19-20-21-22-23-24-25-26-27-28-31-34-40-37(39)35-32-29-30-33-36(35)38/h29-30,32-33,38H,2-28,31,34H2,1H3. The van der Waals surface area contributed by atoms with E-state index in [1.807, 2.05) is 0 Å². The van der Waals surface area contributed by atoms with Gasteiger partial charge >= 0.3 is 5.97 Å². The van der Waals surface area contributed by atoms with Crippen molar-refractivity contribution in [2.75, 3.05) is 6.61 Å². The summed E-state index contributed by atoms with van der Waals surface area (Å²) in [5.74, 6) is -0.439. The molecular weight excluding hydrogens is 492 g/mol. The van der Waals surface area contributed by atoms with E-state index < -0.39 is 5.97 Å². The molecule has 0 fully saturated rings. The number of esters is 1. The van der Waals surface area contributed by atoms with E-state index in [0.29, 0.717) is 6.61 Å². The number of unbranched alkanes of at least 4 members (excludes halogenated alkanes) is 27. The number of ether oxygens (including phenoxy) is 1. The zero-order valence-corrected chi connectivity index (χ0v) is 26.6. The van der Waals surface area contributed by atoms with Crippen LogP contribution in [0, 0.1) is 0 Å². The summed E-state index contributed by atoms with van der Waals surface area (Å²) in [6, 6.07) is 6.55. The molecule has 0 bridgehead atoms. The number of phenols is 1. The Balaban J connectivity index is 1.68. The van der Waals surface area contributed by atoms with Gasteiger partial charge in [-0.15, -0.1) is 0 Å². The number of hydrogen-bond acceptors (Lipinski definition) is 3. The zero-order chi connectivity index (χ0) is 28.8. The third-order valence-electron chi connectivity index (χ3n) is 8.36. The molecule has 1 N–H and O–H groups in total. The van der Waals surface area contributed by atoms with Crippen LogP contribution in [0.15, 0.2) is 24.3 Å². The second kappa shape index (κ2) is 29.0. The first-order valence-electron chi connectivity index (χ1n) is 17.7. The van der Waals surface area contributed by atoms with Gasteiger partial charge < -0.3 is 9.84 Å². The molecule has 0 spiro atoms. The molecule has 1 aromatic carbocycles. The number of hydrogen-bond donors (Lipinski definition) is 1. The Labute approximate surface area is 249 Å². The summed E-state index contributed by atoms with van der Waals surface area (Å²) < 4.78 is 5.27. The maximum absolute atomic E-state index is 11.9. The Kier molecular flexibility index (Phi) is 26.5. The van der Waals surface area contributed by atoms with E-state index in [-0.39, 0.29) is 11.3 Å². The van der Waals surface area contributed by atoms with Crippen molar-refractivity contribution in [2.24, 2.45) is 0 Å². The molecular formula is C37H66O3. The number of para-hydroxylation sites is 1. The van der Waals surface area contributed by atoms with Crippen LogP contribution in [0.25, 0.3) is 0 Å². The molecule has 40 heavy (non-hydrogen) atoms. The quantitative estimate of drug-likeness (QED) is 0.0754. The van der Waals surface area contributed by atoms with Crippen LogP contribution in [-0.2, 0) is 4.74 Å². The molecule has 0 aliphatic heterocycles. The highest BCUT2D eigenvalue weighted by Gasteiger charge is 2.10. The minimum absolute atomic E-state index is 0.0112. The molecule has 3 heteroatoms. The maximum Gasteiger partial charge on any atom is 0.341 e. The predicted octanol–water partition coefficient (Wildman–Crippen LogP) is 12.5. The number of rotatable bonds is 30. The lowest BCUT2D eigenvalue weighted by Crippen LogP contribution is -2.06. The van der Waals surface area contributed by atoms with Gasteiger partial charge in [-0.1, -0.05) is 192 Å². The van der Waals surface area contributed by atoms with Gasteiger partial charge in [0.25, 0.3) is 0 Å². The largest absolute Gasteiger partial charge is 0.507 e. The molecule has 0 aliphatic rings. The average Bonchev–Trinajstić information content (AvgIpc) is 2.96. The van der Waals surface area contributed by atoms with E-state index in [1.165, 1.54) is 173 Å². The van der Waals surface area contributed by atoms with Gasteiger partial charge in [0, 0.05) is 0 Å². The monoisotopic (exact) mass is 559 g/mol. The van der Waals surface area contributed by atoms with Crippen LogP contribution in [0.2, 0.25) is 0 Å². The van der Waals surface area contributed by atoms with Crippen molar-refractivity contribution in [3.63, 3.8) is 0 Å². The van der Waals surface area contributed by atoms with E-state index >= 15 is 0 Å². The zero-order valence-electron chi connectivity index (χ0n) is 26.6. The first-order chi connectivity index (χ1) is 19.8. The predicted molar refractivity (Wildman–Crippen MR) is 173 cm³/mol. The van der Waals surface area contributed by atoms with Crippen molar-refractivity contribution in [1.82, 2.24) is 0 Å². The summed E-state index contributed by atoms with van der Waals surface area (Å²) >= 11 is 0. The minimum atomic E-state index is -0.428. The molecule has 0 amide bonds. The van der Waals surface area contributed by atoms with Gasteiger partial charge in [-0.05, 0) is 18.6 Å². The van der Waals surface area contributed by atoms with Crippen LogP contribution < -0.4 is 0 Å². The Morgan fingerprint density at radius 2 is 0.800 bits per heavy atom. The fourth-order valence-electron chi connectivity index (χ4n) is 5.66. The van der Waals surface area contributed by atoms with Crippen molar-refractivity contribution in [2.45, 2.75) is 187 Å². The van der Waals surface area contributed by atoms with E-state index in [9.17, 15) is 9.90 Å². The molecule has 0 aliphatic carbocycles. The van der Waals surface area contributed by atoms with Gasteiger partial charge in [-0.2, -0.15) is 0 Å². The van der Waals surface area contributed by atoms with Crippen LogP contribution in [0.1, 0.15) is 197 Å². The lowest BCUT2D eigenvalue weighted by atomic mass is 10.0. The minimum Gasteiger partial charge on any atom is -0.507 e. The first kappa shape index (κ1) is 36.5. The fraction of sp³-hybridized carbons (Fsp3) is 0.811. The summed E-state index contributed by atoms with van der Waals surface area (Å²) in [4.78, 5) is 11.9. The lowest BCUT2D eigenvalue weighted by molar-refractivity contribution is 0.0494.